The van der Waals surface area contributed by atoms with Crippen molar-refractivity contribution in [2.24, 2.45) is 0 Å². The highest BCUT2D eigenvalue weighted by Crippen LogP contribution is 2.22. The van der Waals surface area contributed by atoms with E-state index < -0.39 is 0 Å². The molecule has 3 aromatic rings. The third-order valence-corrected chi connectivity index (χ3v) is 3.22. The van der Waals surface area contributed by atoms with Gasteiger partial charge in [-0.15, -0.1) is 5.10 Å². The lowest BCUT2D eigenvalue weighted by Gasteiger charge is -2.01. The van der Waals surface area contributed by atoms with Crippen LogP contribution in [0, 0.1) is 4.77 Å². The third kappa shape index (κ3) is 1.42. The molecule has 0 aromatic carbocycles. The fourth-order valence-electron chi connectivity index (χ4n) is 2.08. The van der Waals surface area contributed by atoms with Gasteiger partial charge in [0.1, 0.15) is 11.8 Å². The van der Waals surface area contributed by atoms with Gasteiger partial charge in [-0.25, -0.2) is 19.5 Å². The van der Waals surface area contributed by atoms with Crippen LogP contribution >= 0.6 is 12.2 Å². The lowest BCUT2D eigenvalue weighted by Crippen LogP contribution is -2.00. The zero-order valence-corrected chi connectivity index (χ0v) is 10.7. The molecule has 0 aliphatic heterocycles. The van der Waals surface area contributed by atoms with Crippen molar-refractivity contribution in [2.75, 3.05) is 5.73 Å². The van der Waals surface area contributed by atoms with Gasteiger partial charge >= 0.3 is 0 Å². The molecule has 0 saturated heterocycles. The summed E-state index contributed by atoms with van der Waals surface area (Å²) >= 11 is 5.22. The molecule has 3 aromatic heterocycles. The molecule has 0 spiro atoms. The van der Waals surface area contributed by atoms with E-state index in [1.54, 1.807) is 4.40 Å². The molecule has 18 heavy (non-hydrogen) atoms. The minimum Gasteiger partial charge on any atom is -0.382 e. The number of aromatic amines is 1. The Hall–Kier alpha value is -1.96. The number of nitrogens with one attached hydrogen (secondary N) is 1. The van der Waals surface area contributed by atoms with Crippen molar-refractivity contribution in [1.82, 2.24) is 29.1 Å². The Morgan fingerprint density at radius 3 is 3.06 bits per heavy atom. The summed E-state index contributed by atoms with van der Waals surface area (Å²) in [6, 6.07) is 0. The number of aromatic nitrogens is 6. The molecule has 3 rings (SSSR count). The molecule has 0 aliphatic carbocycles. The summed E-state index contributed by atoms with van der Waals surface area (Å²) in [5.41, 5.74) is 7.42. The molecule has 7 nitrogen and oxygen atoms in total. The molecular weight excluding hydrogens is 250 g/mol. The van der Waals surface area contributed by atoms with Crippen LogP contribution in [0.3, 0.4) is 0 Å². The van der Waals surface area contributed by atoms with E-state index in [1.165, 1.54) is 6.33 Å². The summed E-state index contributed by atoms with van der Waals surface area (Å²) in [4.78, 5) is 8.31. The molecule has 0 aliphatic rings. The van der Waals surface area contributed by atoms with Crippen molar-refractivity contribution in [2.45, 2.75) is 26.3 Å². The van der Waals surface area contributed by atoms with Crippen molar-refractivity contribution < 1.29 is 0 Å². The van der Waals surface area contributed by atoms with Crippen LogP contribution in [0.15, 0.2) is 6.33 Å². The minimum atomic E-state index is 0.415. The van der Waals surface area contributed by atoms with Crippen LogP contribution in [-0.4, -0.2) is 29.1 Å². The zero-order valence-electron chi connectivity index (χ0n) is 9.92. The summed E-state index contributed by atoms with van der Waals surface area (Å²) in [7, 11) is 0. The number of anilines is 1. The Balaban J connectivity index is 2.43. The first-order valence-electron chi connectivity index (χ1n) is 5.79. The van der Waals surface area contributed by atoms with Gasteiger partial charge in [-0.2, -0.15) is 0 Å². The van der Waals surface area contributed by atoms with Crippen LogP contribution in [0.2, 0.25) is 0 Å². The van der Waals surface area contributed by atoms with Crippen LogP contribution < -0.4 is 5.73 Å². The molecule has 0 saturated carbocycles. The van der Waals surface area contributed by atoms with Gasteiger partial charge in [0.05, 0.1) is 0 Å². The fourth-order valence-corrected chi connectivity index (χ4v) is 2.30. The molecular formula is C10H13N7S. The van der Waals surface area contributed by atoms with Crippen LogP contribution in [-0.2, 0) is 6.54 Å². The van der Waals surface area contributed by atoms with Gasteiger partial charge in [-0.1, -0.05) is 13.3 Å². The Morgan fingerprint density at radius 1 is 1.44 bits per heavy atom. The predicted octanol–water partition coefficient (Wildman–Crippen LogP) is 1.52. The van der Waals surface area contributed by atoms with E-state index in [1.807, 2.05) is 4.57 Å². The summed E-state index contributed by atoms with van der Waals surface area (Å²) in [6.45, 7) is 2.97. The molecule has 3 heterocycles. The maximum atomic E-state index is 5.92. The largest absolute Gasteiger partial charge is 0.382 e. The number of aryl methyl sites for hydroxylation is 1. The number of nitrogens with zero attached hydrogens (tertiary/aromatic N) is 5. The second-order valence-electron chi connectivity index (χ2n) is 4.10. The molecule has 0 fully saturated rings. The number of H-pyrrole nitrogens is 1. The van der Waals surface area contributed by atoms with Crippen molar-refractivity contribution in [1.29, 1.82) is 0 Å². The highest BCUT2D eigenvalue weighted by Gasteiger charge is 2.16. The normalized spacial score (nSPS) is 11.6. The van der Waals surface area contributed by atoms with Crippen molar-refractivity contribution >= 4 is 35.0 Å². The van der Waals surface area contributed by atoms with Gasteiger partial charge in [0.15, 0.2) is 11.5 Å². The topological polar surface area (TPSA) is 89.8 Å². The first kappa shape index (κ1) is 11.1. The molecule has 0 radical (unpaired) electrons. The highest BCUT2D eigenvalue weighted by molar-refractivity contribution is 7.71. The lowest BCUT2D eigenvalue weighted by atomic mass is 10.3. The molecule has 0 unspecified atom stereocenters. The molecule has 8 heteroatoms. The number of nitrogens with two attached hydrogens (primary N) is 1. The standard InChI is InChI=1S/C10H13N7S/c1-2-3-4-16-8-6(7(11)12-5-13-8)17-9(16)14-15-10(17)18/h5H,2-4H2,1H3,(H,15,18)(H2,11,12,13). The highest BCUT2D eigenvalue weighted by atomic mass is 32.1. The van der Waals surface area contributed by atoms with Gasteiger partial charge in [0.2, 0.25) is 10.5 Å². The molecule has 0 bridgehead atoms. The summed E-state index contributed by atoms with van der Waals surface area (Å²) < 4.78 is 4.31. The monoisotopic (exact) mass is 263 g/mol. The van der Waals surface area contributed by atoms with E-state index in [2.05, 4.69) is 27.1 Å². The Bertz CT molecular complexity index is 766. The van der Waals surface area contributed by atoms with E-state index in [-0.39, 0.29) is 0 Å². The number of nitrogen functional groups attached to an aromatic ring is 1. The molecule has 0 atom stereocenters. The molecule has 94 valence electrons. The first-order valence-corrected chi connectivity index (χ1v) is 6.20. The quantitative estimate of drug-likeness (QED) is 0.699. The summed E-state index contributed by atoms with van der Waals surface area (Å²) in [6.07, 6.45) is 3.60. The number of fused-ring (bicyclic) bond motifs is 3. The molecule has 3 N–H and O–H groups in total. The van der Waals surface area contributed by atoms with E-state index in [0.717, 1.165) is 36.3 Å². The Morgan fingerprint density at radius 2 is 2.28 bits per heavy atom. The van der Waals surface area contributed by atoms with Gasteiger partial charge in [-0.05, 0) is 18.6 Å². The number of hydrogen-bond acceptors (Lipinski definition) is 5. The first-order chi connectivity index (χ1) is 8.74. The lowest BCUT2D eigenvalue weighted by molar-refractivity contribution is 0.652. The summed E-state index contributed by atoms with van der Waals surface area (Å²) in [5.74, 6) is 1.15. The van der Waals surface area contributed by atoms with Crippen LogP contribution in [0.4, 0.5) is 5.82 Å². The van der Waals surface area contributed by atoms with E-state index in [9.17, 15) is 0 Å². The minimum absolute atomic E-state index is 0.415. The average Bonchev–Trinajstić information content (AvgIpc) is 2.87. The maximum absolute atomic E-state index is 5.92. The van der Waals surface area contributed by atoms with Crippen molar-refractivity contribution in [3.8, 4) is 0 Å². The van der Waals surface area contributed by atoms with E-state index in [4.69, 9.17) is 18.0 Å². The molecule has 0 amide bonds. The third-order valence-electron chi connectivity index (χ3n) is 2.94. The van der Waals surface area contributed by atoms with Crippen LogP contribution in [0.5, 0.6) is 0 Å². The zero-order chi connectivity index (χ0) is 12.7. The Labute approximate surface area is 108 Å². The summed E-state index contributed by atoms with van der Waals surface area (Å²) in [5, 5.41) is 7.01. The van der Waals surface area contributed by atoms with E-state index >= 15 is 0 Å². The van der Waals surface area contributed by atoms with Crippen molar-refractivity contribution in [3.05, 3.63) is 11.1 Å². The van der Waals surface area contributed by atoms with Crippen molar-refractivity contribution in [3.63, 3.8) is 0 Å². The number of unbranched alkanes of at least 4 members (excludes halogenated alkanes) is 1. The fraction of sp³-hybridized carbons (Fsp3) is 0.400. The number of imidazole rings is 1. The van der Waals surface area contributed by atoms with E-state index in [0.29, 0.717) is 10.6 Å². The van der Waals surface area contributed by atoms with Gasteiger partial charge < -0.3 is 5.73 Å². The number of rotatable bonds is 3. The number of hydrogen-bond donors (Lipinski definition) is 2. The second-order valence-corrected chi connectivity index (χ2v) is 4.49. The smallest absolute Gasteiger partial charge is 0.236 e. The van der Waals surface area contributed by atoms with Crippen LogP contribution in [0.1, 0.15) is 19.8 Å². The van der Waals surface area contributed by atoms with Gasteiger partial charge in [-0.3, -0.25) is 4.57 Å². The second kappa shape index (κ2) is 4.05. The van der Waals surface area contributed by atoms with Gasteiger partial charge in [0, 0.05) is 6.54 Å². The average molecular weight is 263 g/mol. The van der Waals surface area contributed by atoms with Gasteiger partial charge in [0.25, 0.3) is 0 Å². The maximum Gasteiger partial charge on any atom is 0.236 e. The Kier molecular flexibility index (Phi) is 2.51. The SMILES string of the molecule is CCCCn1c2ncnc(N)c2n2c(=S)[nH]nc12. The predicted molar refractivity (Wildman–Crippen MR) is 70.8 cm³/mol. The van der Waals surface area contributed by atoms with Crippen LogP contribution in [0.25, 0.3) is 16.9 Å².